The molecule has 4 nitrogen and oxygen atoms in total. The van der Waals surface area contributed by atoms with Crippen LogP contribution in [-0.2, 0) is 6.54 Å². The molecule has 0 radical (unpaired) electrons. The van der Waals surface area contributed by atoms with Gasteiger partial charge in [0, 0.05) is 24.0 Å². The van der Waals surface area contributed by atoms with E-state index in [2.05, 4.69) is 18.7 Å². The second-order valence-corrected chi connectivity index (χ2v) is 5.03. The molecule has 0 aromatic carbocycles. The Bertz CT molecular complexity index is 349. The van der Waals surface area contributed by atoms with Gasteiger partial charge in [-0.15, -0.1) is 11.3 Å². The summed E-state index contributed by atoms with van der Waals surface area (Å²) in [5.41, 5.74) is 0. The van der Waals surface area contributed by atoms with Crippen molar-refractivity contribution in [2.45, 2.75) is 26.4 Å². The minimum atomic E-state index is -0.880. The molecule has 0 unspecified atom stereocenters. The summed E-state index contributed by atoms with van der Waals surface area (Å²) in [7, 11) is 0. The van der Waals surface area contributed by atoms with Crippen LogP contribution in [0.25, 0.3) is 0 Å². The Balaban J connectivity index is 2.66. The number of carbonyl (C=O) groups is 1. The maximum atomic E-state index is 10.7. The molecule has 1 aromatic rings. The van der Waals surface area contributed by atoms with E-state index in [-0.39, 0.29) is 6.61 Å². The van der Waals surface area contributed by atoms with E-state index in [1.54, 1.807) is 6.07 Å². The number of rotatable bonds is 6. The molecule has 0 saturated carbocycles. The summed E-state index contributed by atoms with van der Waals surface area (Å²) in [4.78, 5) is 14.2. The lowest BCUT2D eigenvalue weighted by Crippen LogP contribution is -2.32. The lowest BCUT2D eigenvalue weighted by molar-refractivity contribution is 0.0702. The molecule has 0 aliphatic rings. The first-order valence-electron chi connectivity index (χ1n) is 5.21. The summed E-state index contributed by atoms with van der Waals surface area (Å²) in [6.07, 6.45) is 0. The van der Waals surface area contributed by atoms with E-state index in [0.29, 0.717) is 24.0 Å². The van der Waals surface area contributed by atoms with E-state index in [9.17, 15) is 4.79 Å². The van der Waals surface area contributed by atoms with Crippen LogP contribution in [0.5, 0.6) is 0 Å². The summed E-state index contributed by atoms with van der Waals surface area (Å²) in [6.45, 7) is 5.53. The molecule has 0 atom stereocenters. The van der Waals surface area contributed by atoms with Crippen molar-refractivity contribution in [3.63, 3.8) is 0 Å². The predicted molar refractivity (Wildman–Crippen MR) is 63.9 cm³/mol. The summed E-state index contributed by atoms with van der Waals surface area (Å²) < 4.78 is 0. The minimum Gasteiger partial charge on any atom is -0.477 e. The van der Waals surface area contributed by atoms with Crippen molar-refractivity contribution in [3.05, 3.63) is 21.9 Å². The van der Waals surface area contributed by atoms with Crippen LogP contribution in [0, 0.1) is 0 Å². The van der Waals surface area contributed by atoms with Crippen LogP contribution in [0.1, 0.15) is 28.4 Å². The van der Waals surface area contributed by atoms with Gasteiger partial charge in [-0.05, 0) is 26.0 Å². The van der Waals surface area contributed by atoms with Crippen molar-refractivity contribution in [3.8, 4) is 0 Å². The van der Waals surface area contributed by atoms with Gasteiger partial charge in [-0.25, -0.2) is 4.79 Å². The highest BCUT2D eigenvalue weighted by Crippen LogP contribution is 2.19. The number of aliphatic hydroxyl groups excluding tert-OH is 1. The van der Waals surface area contributed by atoms with Crippen LogP contribution in [0.15, 0.2) is 12.1 Å². The molecule has 16 heavy (non-hydrogen) atoms. The number of aliphatic hydroxyl groups is 1. The van der Waals surface area contributed by atoms with Gasteiger partial charge in [0.1, 0.15) is 4.88 Å². The molecule has 1 heterocycles. The molecule has 1 rings (SSSR count). The highest BCUT2D eigenvalue weighted by molar-refractivity contribution is 7.13. The fourth-order valence-corrected chi connectivity index (χ4v) is 2.30. The zero-order valence-corrected chi connectivity index (χ0v) is 10.3. The predicted octanol–water partition coefficient (Wildman–Crippen LogP) is 1.65. The van der Waals surface area contributed by atoms with Gasteiger partial charge in [0.2, 0.25) is 0 Å². The monoisotopic (exact) mass is 243 g/mol. The van der Waals surface area contributed by atoms with Crippen molar-refractivity contribution in [1.82, 2.24) is 4.90 Å². The number of hydrogen-bond acceptors (Lipinski definition) is 4. The van der Waals surface area contributed by atoms with Gasteiger partial charge in [-0.2, -0.15) is 0 Å². The van der Waals surface area contributed by atoms with Crippen molar-refractivity contribution < 1.29 is 15.0 Å². The van der Waals surface area contributed by atoms with E-state index in [1.807, 2.05) is 6.07 Å². The lowest BCUT2D eigenvalue weighted by atomic mass is 10.3. The lowest BCUT2D eigenvalue weighted by Gasteiger charge is -2.24. The quantitative estimate of drug-likeness (QED) is 0.797. The average Bonchev–Trinajstić information content (AvgIpc) is 2.65. The van der Waals surface area contributed by atoms with E-state index < -0.39 is 5.97 Å². The van der Waals surface area contributed by atoms with Gasteiger partial charge in [0.15, 0.2) is 0 Å². The molecule has 0 fully saturated rings. The Kier molecular flexibility index (Phi) is 4.92. The first-order valence-corrected chi connectivity index (χ1v) is 6.03. The largest absolute Gasteiger partial charge is 0.477 e. The molecular weight excluding hydrogens is 226 g/mol. The normalized spacial score (nSPS) is 11.3. The summed E-state index contributed by atoms with van der Waals surface area (Å²) in [5.74, 6) is -0.880. The van der Waals surface area contributed by atoms with E-state index in [4.69, 9.17) is 10.2 Å². The molecule has 0 bridgehead atoms. The summed E-state index contributed by atoms with van der Waals surface area (Å²) >= 11 is 1.29. The molecule has 0 spiro atoms. The molecule has 2 N–H and O–H groups in total. The molecule has 5 heteroatoms. The second-order valence-electron chi connectivity index (χ2n) is 3.86. The first kappa shape index (κ1) is 13.2. The molecule has 0 saturated heterocycles. The number of carboxylic acid groups (broad SMARTS) is 1. The Hall–Kier alpha value is -0.910. The second kappa shape index (κ2) is 5.98. The van der Waals surface area contributed by atoms with E-state index in [1.165, 1.54) is 11.3 Å². The molecule has 0 aliphatic carbocycles. The van der Waals surface area contributed by atoms with Crippen molar-refractivity contribution in [1.29, 1.82) is 0 Å². The Morgan fingerprint density at radius 1 is 1.50 bits per heavy atom. The van der Waals surface area contributed by atoms with Crippen LogP contribution in [0.4, 0.5) is 0 Å². The van der Waals surface area contributed by atoms with Gasteiger partial charge >= 0.3 is 5.97 Å². The van der Waals surface area contributed by atoms with Crippen molar-refractivity contribution in [2.75, 3.05) is 13.2 Å². The number of carboxylic acids is 1. The third kappa shape index (κ3) is 3.59. The Morgan fingerprint density at radius 3 is 2.62 bits per heavy atom. The number of nitrogens with zero attached hydrogens (tertiary/aromatic N) is 1. The van der Waals surface area contributed by atoms with E-state index in [0.717, 1.165) is 4.88 Å². The minimum absolute atomic E-state index is 0.120. The highest BCUT2D eigenvalue weighted by Gasteiger charge is 2.12. The third-order valence-electron chi connectivity index (χ3n) is 2.35. The third-order valence-corrected chi connectivity index (χ3v) is 3.41. The van der Waals surface area contributed by atoms with Gasteiger partial charge < -0.3 is 10.2 Å². The fraction of sp³-hybridized carbons (Fsp3) is 0.545. The van der Waals surface area contributed by atoms with Gasteiger partial charge in [-0.1, -0.05) is 0 Å². The Morgan fingerprint density at radius 2 is 2.19 bits per heavy atom. The zero-order chi connectivity index (χ0) is 12.1. The summed E-state index contributed by atoms with van der Waals surface area (Å²) in [6, 6.07) is 3.79. The maximum Gasteiger partial charge on any atom is 0.345 e. The Labute approximate surface area is 99.1 Å². The molecule has 1 aromatic heterocycles. The SMILES string of the molecule is CC(C)N(CCO)Cc1ccc(C(=O)O)s1. The van der Waals surface area contributed by atoms with Gasteiger partial charge in [0.05, 0.1) is 6.61 Å². The van der Waals surface area contributed by atoms with Crippen LogP contribution < -0.4 is 0 Å². The summed E-state index contributed by atoms with van der Waals surface area (Å²) in [5, 5.41) is 17.7. The van der Waals surface area contributed by atoms with Gasteiger partial charge in [0.25, 0.3) is 0 Å². The maximum absolute atomic E-state index is 10.7. The number of aromatic carboxylic acids is 1. The first-order chi connectivity index (χ1) is 7.54. The molecule has 0 aliphatic heterocycles. The fourth-order valence-electron chi connectivity index (χ4n) is 1.43. The smallest absolute Gasteiger partial charge is 0.345 e. The number of thiophene rings is 1. The van der Waals surface area contributed by atoms with Gasteiger partial charge in [-0.3, -0.25) is 4.90 Å². The zero-order valence-electron chi connectivity index (χ0n) is 9.51. The van der Waals surface area contributed by atoms with Crippen molar-refractivity contribution in [2.24, 2.45) is 0 Å². The molecule has 90 valence electrons. The van der Waals surface area contributed by atoms with Crippen LogP contribution in [0.2, 0.25) is 0 Å². The van der Waals surface area contributed by atoms with Crippen molar-refractivity contribution >= 4 is 17.3 Å². The molecular formula is C11H17NO3S. The highest BCUT2D eigenvalue weighted by atomic mass is 32.1. The standard InChI is InChI=1S/C11H17NO3S/c1-8(2)12(5-6-13)7-9-3-4-10(16-9)11(14)15/h3-4,8,13H,5-7H2,1-2H3,(H,14,15). The van der Waals surface area contributed by atoms with Crippen LogP contribution >= 0.6 is 11.3 Å². The molecule has 0 amide bonds. The number of hydrogen-bond donors (Lipinski definition) is 2. The van der Waals surface area contributed by atoms with Crippen LogP contribution in [0.3, 0.4) is 0 Å². The van der Waals surface area contributed by atoms with E-state index >= 15 is 0 Å². The topological polar surface area (TPSA) is 60.8 Å². The average molecular weight is 243 g/mol. The van der Waals surface area contributed by atoms with Crippen LogP contribution in [-0.4, -0.2) is 40.3 Å².